The second-order valence-electron chi connectivity index (χ2n) is 2.09. The summed E-state index contributed by atoms with van der Waals surface area (Å²) in [6.07, 6.45) is 3.74. The quantitative estimate of drug-likeness (QED) is 0.599. The maximum Gasteiger partial charge on any atom is 0.162 e. The lowest BCUT2D eigenvalue weighted by Crippen LogP contribution is -2.13. The van der Waals surface area contributed by atoms with Gasteiger partial charge < -0.3 is 4.84 Å². The van der Waals surface area contributed by atoms with Gasteiger partial charge in [-0.15, -0.1) is 0 Å². The zero-order valence-electron chi connectivity index (χ0n) is 5.87. The van der Waals surface area contributed by atoms with Gasteiger partial charge in [0.15, 0.2) is 5.75 Å². The fourth-order valence-electron chi connectivity index (χ4n) is 0.932. The predicted octanol–water partition coefficient (Wildman–Crippen LogP) is 1.64. The molecule has 0 unspecified atom stereocenters. The van der Waals surface area contributed by atoms with E-state index in [1.165, 1.54) is 0 Å². The molecule has 54 valence electrons. The molecule has 0 spiro atoms. The third-order valence-corrected chi connectivity index (χ3v) is 1.42. The first-order valence-electron chi connectivity index (χ1n) is 3.15. The van der Waals surface area contributed by atoms with E-state index in [1.54, 1.807) is 6.20 Å². The van der Waals surface area contributed by atoms with Gasteiger partial charge in [-0.05, 0) is 12.1 Å². The van der Waals surface area contributed by atoms with E-state index in [-0.39, 0.29) is 7.43 Å². The number of rotatable bonds is 0. The average Bonchev–Trinajstić information content (AvgIpc) is 2.05. The second kappa shape index (κ2) is 3.10. The molecule has 1 N–H and O–H groups in total. The fraction of sp³-hybridized carbons (Fsp3) is 0. The summed E-state index contributed by atoms with van der Waals surface area (Å²) in [4.78, 5) is 5.09. The predicted molar refractivity (Wildman–Crippen MR) is 42.5 cm³/mol. The van der Waals surface area contributed by atoms with Crippen LogP contribution in [0.3, 0.4) is 0 Å². The molecule has 0 fully saturated rings. The summed E-state index contributed by atoms with van der Waals surface area (Å²) < 4.78 is 0. The van der Waals surface area contributed by atoms with Crippen molar-refractivity contribution in [1.29, 1.82) is 0 Å². The van der Waals surface area contributed by atoms with Gasteiger partial charge in [-0.3, -0.25) is 0 Å². The van der Waals surface area contributed by atoms with E-state index < -0.39 is 0 Å². The summed E-state index contributed by atoms with van der Waals surface area (Å²) in [5.74, 6) is 0.880. The molecule has 4 radical (unpaired) electrons. The third-order valence-electron chi connectivity index (χ3n) is 1.42. The van der Waals surface area contributed by atoms with Crippen molar-refractivity contribution in [2.75, 3.05) is 0 Å². The standard InChI is InChI=1S/C8H7NO.C/c1-2-4-8-7(3-1)5-6-9-10-8;/h1-6,9H;. The molecular weight excluding hydrogens is 138 g/mol. The Kier molecular flexibility index (Phi) is 2.16. The molecule has 2 heteroatoms. The Labute approximate surface area is 66.5 Å². The van der Waals surface area contributed by atoms with Crippen LogP contribution < -0.4 is 10.3 Å². The first-order valence-corrected chi connectivity index (χ1v) is 3.15. The Hall–Kier alpha value is -1.44. The zero-order valence-corrected chi connectivity index (χ0v) is 5.87. The van der Waals surface area contributed by atoms with Crippen molar-refractivity contribution in [3.05, 3.63) is 43.5 Å². The summed E-state index contributed by atoms with van der Waals surface area (Å²) in [7, 11) is 0. The fourth-order valence-corrected chi connectivity index (χ4v) is 0.932. The number of fused-ring (bicyclic) bond motifs is 1. The van der Waals surface area contributed by atoms with E-state index in [2.05, 4.69) is 5.48 Å². The molecule has 0 saturated carbocycles. The van der Waals surface area contributed by atoms with Crippen molar-refractivity contribution < 1.29 is 4.84 Å². The Bertz CT molecular complexity index is 268. The van der Waals surface area contributed by atoms with Gasteiger partial charge in [-0.25, -0.2) is 5.48 Å². The number of hydrogen-bond donors (Lipinski definition) is 1. The first kappa shape index (κ1) is 7.66. The molecule has 1 aliphatic rings. The van der Waals surface area contributed by atoms with Crippen LogP contribution in [-0.4, -0.2) is 0 Å². The maximum atomic E-state index is 5.09. The molecule has 2 rings (SSSR count). The average molecular weight is 145 g/mol. The van der Waals surface area contributed by atoms with Gasteiger partial charge >= 0.3 is 0 Å². The van der Waals surface area contributed by atoms with Gasteiger partial charge in [0.05, 0.1) is 0 Å². The van der Waals surface area contributed by atoms with Gasteiger partial charge in [-0.2, -0.15) is 0 Å². The maximum absolute atomic E-state index is 5.09. The molecular formula is C9H7NO. The first-order chi connectivity index (χ1) is 4.97. The van der Waals surface area contributed by atoms with E-state index in [9.17, 15) is 0 Å². The number of para-hydroxylation sites is 1. The van der Waals surface area contributed by atoms with Gasteiger partial charge in [0, 0.05) is 19.2 Å². The van der Waals surface area contributed by atoms with Crippen LogP contribution in [0.15, 0.2) is 30.5 Å². The highest BCUT2D eigenvalue weighted by molar-refractivity contribution is 5.57. The Balaban J connectivity index is 0.000000605. The lowest BCUT2D eigenvalue weighted by molar-refractivity contribution is 0.239. The molecule has 0 amide bonds. The molecule has 1 aliphatic heterocycles. The normalized spacial score (nSPS) is 12.0. The molecule has 0 aromatic heterocycles. The van der Waals surface area contributed by atoms with E-state index in [0.29, 0.717) is 0 Å². The van der Waals surface area contributed by atoms with Crippen LogP contribution in [0.4, 0.5) is 0 Å². The molecule has 1 heterocycles. The van der Waals surface area contributed by atoms with Crippen molar-refractivity contribution >= 4 is 6.08 Å². The lowest BCUT2D eigenvalue weighted by Gasteiger charge is -2.11. The molecule has 0 bridgehead atoms. The smallest absolute Gasteiger partial charge is 0.162 e. The van der Waals surface area contributed by atoms with Crippen LogP contribution in [0.1, 0.15) is 5.56 Å². The summed E-state index contributed by atoms with van der Waals surface area (Å²) in [5.41, 5.74) is 3.77. The minimum absolute atomic E-state index is 0. The van der Waals surface area contributed by atoms with E-state index in [0.717, 1.165) is 11.3 Å². The minimum atomic E-state index is 0. The van der Waals surface area contributed by atoms with Crippen LogP contribution in [0.5, 0.6) is 5.75 Å². The molecule has 11 heavy (non-hydrogen) atoms. The van der Waals surface area contributed by atoms with Gasteiger partial charge in [-0.1, -0.05) is 18.2 Å². The topological polar surface area (TPSA) is 21.3 Å². The van der Waals surface area contributed by atoms with E-state index >= 15 is 0 Å². The summed E-state index contributed by atoms with van der Waals surface area (Å²) in [5, 5.41) is 0. The molecule has 0 aliphatic carbocycles. The number of hydrogen-bond acceptors (Lipinski definition) is 2. The van der Waals surface area contributed by atoms with Crippen molar-refractivity contribution in [2.45, 2.75) is 0 Å². The van der Waals surface area contributed by atoms with E-state index in [4.69, 9.17) is 4.84 Å². The lowest BCUT2D eigenvalue weighted by atomic mass is 10.2. The zero-order chi connectivity index (χ0) is 6.81. The van der Waals surface area contributed by atoms with Crippen LogP contribution in [0, 0.1) is 7.43 Å². The Morgan fingerprint density at radius 1 is 1.18 bits per heavy atom. The number of benzene rings is 1. The van der Waals surface area contributed by atoms with Crippen molar-refractivity contribution in [3.63, 3.8) is 0 Å². The summed E-state index contributed by atoms with van der Waals surface area (Å²) in [6, 6.07) is 7.86. The van der Waals surface area contributed by atoms with Crippen LogP contribution in [0.25, 0.3) is 6.08 Å². The van der Waals surface area contributed by atoms with Gasteiger partial charge in [0.25, 0.3) is 0 Å². The summed E-state index contributed by atoms with van der Waals surface area (Å²) >= 11 is 0. The van der Waals surface area contributed by atoms with Crippen LogP contribution in [0.2, 0.25) is 0 Å². The SMILES string of the molecule is C1=Cc2ccccc2ON1.[C]. The van der Waals surface area contributed by atoms with Crippen LogP contribution >= 0.6 is 0 Å². The highest BCUT2D eigenvalue weighted by Gasteiger charge is 2.01. The van der Waals surface area contributed by atoms with Gasteiger partial charge in [0.1, 0.15) is 0 Å². The highest BCUT2D eigenvalue weighted by atomic mass is 16.6. The highest BCUT2D eigenvalue weighted by Crippen LogP contribution is 2.20. The molecule has 0 atom stereocenters. The minimum Gasteiger partial charge on any atom is -0.382 e. The molecule has 1 aromatic rings. The van der Waals surface area contributed by atoms with Crippen molar-refractivity contribution in [1.82, 2.24) is 5.48 Å². The van der Waals surface area contributed by atoms with Crippen molar-refractivity contribution in [3.8, 4) is 5.75 Å². The molecule has 2 nitrogen and oxygen atoms in total. The Morgan fingerprint density at radius 3 is 2.82 bits per heavy atom. The largest absolute Gasteiger partial charge is 0.382 e. The number of hydroxylamine groups is 1. The van der Waals surface area contributed by atoms with Gasteiger partial charge in [0.2, 0.25) is 0 Å². The van der Waals surface area contributed by atoms with Crippen LogP contribution in [-0.2, 0) is 0 Å². The van der Waals surface area contributed by atoms with Crippen molar-refractivity contribution in [2.24, 2.45) is 0 Å². The molecule has 0 saturated heterocycles. The second-order valence-corrected chi connectivity index (χ2v) is 2.09. The third kappa shape index (κ3) is 1.34. The Morgan fingerprint density at radius 2 is 2.00 bits per heavy atom. The number of nitrogens with one attached hydrogen (secondary N) is 1. The van der Waals surface area contributed by atoms with E-state index in [1.807, 2.05) is 30.3 Å². The molecule has 1 aromatic carbocycles. The summed E-state index contributed by atoms with van der Waals surface area (Å²) in [6.45, 7) is 0. The monoisotopic (exact) mass is 145 g/mol.